The van der Waals surface area contributed by atoms with Crippen LogP contribution in [0.2, 0.25) is 0 Å². The Morgan fingerprint density at radius 1 is 1.14 bits per heavy atom. The van der Waals surface area contributed by atoms with Gasteiger partial charge >= 0.3 is 0 Å². The maximum absolute atomic E-state index is 9.01. The molecule has 1 saturated carbocycles. The lowest BCUT2D eigenvalue weighted by Gasteiger charge is -2.04. The van der Waals surface area contributed by atoms with Gasteiger partial charge in [0.1, 0.15) is 11.5 Å². The number of hydrogen-bond donors (Lipinski definition) is 2. The lowest BCUT2D eigenvalue weighted by Crippen LogP contribution is -2.16. The van der Waals surface area contributed by atoms with Crippen molar-refractivity contribution in [1.82, 2.24) is 5.32 Å². The number of benzene rings is 1. The van der Waals surface area contributed by atoms with E-state index >= 15 is 0 Å². The summed E-state index contributed by atoms with van der Waals surface area (Å²) in [6.45, 7) is 4.09. The van der Waals surface area contributed by atoms with Gasteiger partial charge in [0.15, 0.2) is 0 Å². The van der Waals surface area contributed by atoms with Gasteiger partial charge in [0.2, 0.25) is 0 Å². The topological polar surface area (TPSA) is 45.4 Å². The van der Waals surface area contributed by atoms with E-state index in [1.165, 1.54) is 12.0 Å². The zero-order chi connectivity index (χ0) is 14.7. The summed E-state index contributed by atoms with van der Waals surface area (Å²) >= 11 is 0. The zero-order valence-electron chi connectivity index (χ0n) is 12.5. The Morgan fingerprint density at radius 2 is 1.86 bits per heavy atom. The standard InChI is InChI=1S/C18H23NO2/c1-13-10-17(13)18-7-6-16(21-18)11-19-9-8-14-2-4-15(12-20)5-3-14/h2-7,13,17,19-20H,8-12H2,1H3. The number of aliphatic hydroxyl groups excluding tert-OH is 1. The summed E-state index contributed by atoms with van der Waals surface area (Å²) in [4.78, 5) is 0. The first-order chi connectivity index (χ1) is 10.3. The molecule has 3 nitrogen and oxygen atoms in total. The quantitative estimate of drug-likeness (QED) is 0.768. The molecule has 1 aromatic carbocycles. The van der Waals surface area contributed by atoms with Crippen LogP contribution in [0.4, 0.5) is 0 Å². The molecule has 0 radical (unpaired) electrons. The van der Waals surface area contributed by atoms with Gasteiger partial charge in [-0.05, 0) is 48.6 Å². The second kappa shape index (κ2) is 6.46. The highest BCUT2D eigenvalue weighted by Gasteiger charge is 2.36. The molecule has 0 spiro atoms. The van der Waals surface area contributed by atoms with Crippen molar-refractivity contribution in [2.24, 2.45) is 5.92 Å². The van der Waals surface area contributed by atoms with Crippen LogP contribution in [0.1, 0.15) is 41.9 Å². The molecule has 2 atom stereocenters. The largest absolute Gasteiger partial charge is 0.464 e. The number of rotatable bonds is 7. The normalized spacial score (nSPS) is 20.7. The van der Waals surface area contributed by atoms with Crippen molar-refractivity contribution >= 4 is 0 Å². The molecule has 1 heterocycles. The summed E-state index contributed by atoms with van der Waals surface area (Å²) in [7, 11) is 0. The van der Waals surface area contributed by atoms with E-state index in [2.05, 4.69) is 36.5 Å². The average molecular weight is 285 g/mol. The lowest BCUT2D eigenvalue weighted by atomic mass is 10.1. The molecule has 21 heavy (non-hydrogen) atoms. The zero-order valence-corrected chi connectivity index (χ0v) is 12.5. The molecular weight excluding hydrogens is 262 g/mol. The van der Waals surface area contributed by atoms with Crippen LogP contribution in [-0.2, 0) is 19.6 Å². The van der Waals surface area contributed by atoms with E-state index in [0.717, 1.165) is 42.5 Å². The maximum atomic E-state index is 9.01. The molecule has 2 unspecified atom stereocenters. The number of nitrogens with one attached hydrogen (secondary N) is 1. The molecule has 3 heteroatoms. The highest BCUT2D eigenvalue weighted by Crippen LogP contribution is 2.47. The van der Waals surface area contributed by atoms with E-state index in [1.54, 1.807) is 0 Å². The van der Waals surface area contributed by atoms with Crippen LogP contribution in [0.25, 0.3) is 0 Å². The van der Waals surface area contributed by atoms with Gasteiger partial charge in [0.05, 0.1) is 13.2 Å². The van der Waals surface area contributed by atoms with Crippen LogP contribution in [0, 0.1) is 5.92 Å². The third-order valence-electron chi connectivity index (χ3n) is 4.25. The summed E-state index contributed by atoms with van der Waals surface area (Å²) in [5.41, 5.74) is 2.25. The Kier molecular flexibility index (Phi) is 4.42. The van der Waals surface area contributed by atoms with Gasteiger partial charge in [-0.1, -0.05) is 31.2 Å². The third kappa shape index (κ3) is 3.74. The van der Waals surface area contributed by atoms with Crippen molar-refractivity contribution in [2.75, 3.05) is 6.54 Å². The molecule has 1 aromatic heterocycles. The predicted octanol–water partition coefficient (Wildman–Crippen LogP) is 3.23. The Bertz CT molecular complexity index is 573. The van der Waals surface area contributed by atoms with Gasteiger partial charge in [-0.15, -0.1) is 0 Å². The minimum atomic E-state index is 0.110. The molecule has 2 N–H and O–H groups in total. The van der Waals surface area contributed by atoms with Gasteiger partial charge in [-0.2, -0.15) is 0 Å². The molecule has 0 saturated heterocycles. The van der Waals surface area contributed by atoms with Crippen LogP contribution in [0.15, 0.2) is 40.8 Å². The number of aliphatic hydroxyl groups is 1. The second-order valence-corrected chi connectivity index (χ2v) is 6.02. The van der Waals surface area contributed by atoms with E-state index in [0.29, 0.717) is 5.92 Å². The fourth-order valence-corrected chi connectivity index (χ4v) is 2.66. The smallest absolute Gasteiger partial charge is 0.117 e. The van der Waals surface area contributed by atoms with Gasteiger partial charge < -0.3 is 14.8 Å². The SMILES string of the molecule is CC1CC1c1ccc(CNCCc2ccc(CO)cc2)o1. The van der Waals surface area contributed by atoms with Gasteiger partial charge in [0, 0.05) is 5.92 Å². The van der Waals surface area contributed by atoms with Crippen molar-refractivity contribution in [3.63, 3.8) is 0 Å². The van der Waals surface area contributed by atoms with E-state index in [9.17, 15) is 0 Å². The fraction of sp³-hybridized carbons (Fsp3) is 0.444. The van der Waals surface area contributed by atoms with Crippen LogP contribution in [0.5, 0.6) is 0 Å². The predicted molar refractivity (Wildman–Crippen MR) is 83.0 cm³/mol. The second-order valence-electron chi connectivity index (χ2n) is 6.02. The van der Waals surface area contributed by atoms with E-state index in [1.807, 2.05) is 12.1 Å². The van der Waals surface area contributed by atoms with Crippen LogP contribution in [0.3, 0.4) is 0 Å². The molecule has 1 fully saturated rings. The summed E-state index contributed by atoms with van der Waals surface area (Å²) in [5.74, 6) is 3.63. The Morgan fingerprint density at radius 3 is 2.52 bits per heavy atom. The molecule has 1 aliphatic carbocycles. The Hall–Kier alpha value is -1.58. The molecule has 3 rings (SSSR count). The maximum Gasteiger partial charge on any atom is 0.117 e. The summed E-state index contributed by atoms with van der Waals surface area (Å²) < 4.78 is 5.87. The molecule has 0 aliphatic heterocycles. The molecule has 0 amide bonds. The monoisotopic (exact) mass is 285 g/mol. The first-order valence-corrected chi connectivity index (χ1v) is 7.74. The van der Waals surface area contributed by atoms with Gasteiger partial charge in [-0.25, -0.2) is 0 Å². The van der Waals surface area contributed by atoms with Crippen molar-refractivity contribution in [3.8, 4) is 0 Å². The molecular formula is C18H23NO2. The van der Waals surface area contributed by atoms with Gasteiger partial charge in [0.25, 0.3) is 0 Å². The minimum Gasteiger partial charge on any atom is -0.464 e. The number of hydrogen-bond acceptors (Lipinski definition) is 3. The molecule has 0 bridgehead atoms. The Labute approximate surface area is 126 Å². The van der Waals surface area contributed by atoms with Crippen molar-refractivity contribution < 1.29 is 9.52 Å². The van der Waals surface area contributed by atoms with Crippen molar-refractivity contribution in [2.45, 2.75) is 38.8 Å². The fourth-order valence-electron chi connectivity index (χ4n) is 2.66. The highest BCUT2D eigenvalue weighted by molar-refractivity contribution is 5.22. The van der Waals surface area contributed by atoms with E-state index in [4.69, 9.17) is 9.52 Å². The third-order valence-corrected chi connectivity index (χ3v) is 4.25. The van der Waals surface area contributed by atoms with Crippen molar-refractivity contribution in [3.05, 3.63) is 59.0 Å². The summed E-state index contributed by atoms with van der Waals surface area (Å²) in [6, 6.07) is 12.3. The Balaban J connectivity index is 1.40. The molecule has 112 valence electrons. The minimum absolute atomic E-state index is 0.110. The summed E-state index contributed by atoms with van der Waals surface area (Å²) in [5, 5.41) is 12.4. The first-order valence-electron chi connectivity index (χ1n) is 7.74. The first kappa shape index (κ1) is 14.4. The highest BCUT2D eigenvalue weighted by atomic mass is 16.3. The summed E-state index contributed by atoms with van der Waals surface area (Å²) in [6.07, 6.45) is 2.25. The van der Waals surface area contributed by atoms with Crippen LogP contribution in [-0.4, -0.2) is 11.7 Å². The van der Waals surface area contributed by atoms with Crippen LogP contribution >= 0.6 is 0 Å². The van der Waals surface area contributed by atoms with E-state index < -0.39 is 0 Å². The number of furan rings is 1. The molecule has 2 aromatic rings. The van der Waals surface area contributed by atoms with E-state index in [-0.39, 0.29) is 6.61 Å². The van der Waals surface area contributed by atoms with Gasteiger partial charge in [-0.3, -0.25) is 0 Å². The van der Waals surface area contributed by atoms with Crippen LogP contribution < -0.4 is 5.32 Å². The lowest BCUT2D eigenvalue weighted by molar-refractivity contribution is 0.282. The molecule has 1 aliphatic rings. The van der Waals surface area contributed by atoms with Crippen molar-refractivity contribution in [1.29, 1.82) is 0 Å². The average Bonchev–Trinajstić information content (AvgIpc) is 3.06.